The van der Waals surface area contributed by atoms with Crippen LogP contribution in [0.15, 0.2) is 4.99 Å². The van der Waals surface area contributed by atoms with Gasteiger partial charge < -0.3 is 5.43 Å². The number of amidine groups is 1. The van der Waals surface area contributed by atoms with Gasteiger partial charge in [0.05, 0.1) is 6.04 Å². The third kappa shape index (κ3) is 2.71. The van der Waals surface area contributed by atoms with Gasteiger partial charge in [-0.3, -0.25) is 4.99 Å². The van der Waals surface area contributed by atoms with Crippen LogP contribution in [0.5, 0.6) is 0 Å². The smallest absolute Gasteiger partial charge is 0.114 e. The molecule has 0 amide bonds. The highest BCUT2D eigenvalue weighted by atomic mass is 15.3. The first-order valence-electron chi connectivity index (χ1n) is 5.94. The molecule has 3 N–H and O–H groups in total. The zero-order chi connectivity index (χ0) is 9.80. The van der Waals surface area contributed by atoms with Crippen LogP contribution in [-0.2, 0) is 0 Å². The molecule has 0 saturated heterocycles. The maximum absolute atomic E-state index is 5.49. The molecule has 0 radical (unpaired) electrons. The first-order valence-corrected chi connectivity index (χ1v) is 5.94. The number of hydrogen-bond acceptors (Lipinski definition) is 2. The average Bonchev–Trinajstić information content (AvgIpc) is 3.01. The molecule has 0 spiro atoms. The van der Waals surface area contributed by atoms with Crippen LogP contribution in [-0.4, -0.2) is 11.9 Å². The van der Waals surface area contributed by atoms with Crippen LogP contribution in [0, 0.1) is 5.92 Å². The van der Waals surface area contributed by atoms with Gasteiger partial charge in [-0.05, 0) is 25.7 Å². The molecule has 0 bridgehead atoms. The molecule has 2 rings (SSSR count). The van der Waals surface area contributed by atoms with E-state index in [1.807, 2.05) is 0 Å². The highest BCUT2D eigenvalue weighted by Crippen LogP contribution is 2.30. The average molecular weight is 195 g/mol. The molecule has 2 fully saturated rings. The largest absolute Gasteiger partial charge is 0.312 e. The van der Waals surface area contributed by atoms with Gasteiger partial charge in [-0.15, -0.1) is 0 Å². The Kier molecular flexibility index (Phi) is 3.40. The molecule has 2 aliphatic rings. The van der Waals surface area contributed by atoms with Crippen molar-refractivity contribution in [2.75, 3.05) is 0 Å². The molecule has 0 aromatic carbocycles. The predicted octanol–water partition coefficient (Wildman–Crippen LogP) is 1.98. The third-order valence-electron chi connectivity index (χ3n) is 3.26. The fourth-order valence-electron chi connectivity index (χ4n) is 2.20. The SMILES string of the molecule is NNC(=NC1CCCCCC1)C1CC1. The minimum absolute atomic E-state index is 0.546. The zero-order valence-electron chi connectivity index (χ0n) is 8.84. The van der Waals surface area contributed by atoms with Crippen LogP contribution >= 0.6 is 0 Å². The van der Waals surface area contributed by atoms with Gasteiger partial charge in [0.2, 0.25) is 0 Å². The van der Waals surface area contributed by atoms with E-state index in [9.17, 15) is 0 Å². The first-order chi connectivity index (χ1) is 6.90. The topological polar surface area (TPSA) is 50.4 Å². The maximum atomic E-state index is 5.49. The second-order valence-corrected chi connectivity index (χ2v) is 4.58. The van der Waals surface area contributed by atoms with Gasteiger partial charge >= 0.3 is 0 Å². The summed E-state index contributed by atoms with van der Waals surface area (Å²) in [6.45, 7) is 0. The number of nitrogens with two attached hydrogens (primary N) is 1. The summed E-state index contributed by atoms with van der Waals surface area (Å²) in [5.74, 6) is 7.21. The Labute approximate surface area is 86.1 Å². The van der Waals surface area contributed by atoms with Gasteiger partial charge in [0.15, 0.2) is 0 Å². The van der Waals surface area contributed by atoms with Crippen LogP contribution in [0.25, 0.3) is 0 Å². The van der Waals surface area contributed by atoms with Crippen molar-refractivity contribution in [3.05, 3.63) is 0 Å². The summed E-state index contributed by atoms with van der Waals surface area (Å²) >= 11 is 0. The number of hydrogen-bond donors (Lipinski definition) is 2. The Morgan fingerprint density at radius 1 is 1.00 bits per heavy atom. The molecule has 2 aliphatic carbocycles. The quantitative estimate of drug-likeness (QED) is 0.233. The van der Waals surface area contributed by atoms with Crippen molar-refractivity contribution in [1.29, 1.82) is 0 Å². The van der Waals surface area contributed by atoms with Crippen molar-refractivity contribution >= 4 is 5.84 Å². The van der Waals surface area contributed by atoms with Crippen molar-refractivity contribution in [2.24, 2.45) is 16.8 Å². The van der Waals surface area contributed by atoms with Crippen LogP contribution in [0.4, 0.5) is 0 Å². The summed E-state index contributed by atoms with van der Waals surface area (Å²) in [5, 5.41) is 0. The summed E-state index contributed by atoms with van der Waals surface area (Å²) in [7, 11) is 0. The number of nitrogens with zero attached hydrogens (tertiary/aromatic N) is 1. The van der Waals surface area contributed by atoms with Crippen molar-refractivity contribution in [3.63, 3.8) is 0 Å². The molecule has 0 atom stereocenters. The van der Waals surface area contributed by atoms with Crippen molar-refractivity contribution < 1.29 is 0 Å². The van der Waals surface area contributed by atoms with Gasteiger partial charge in [-0.2, -0.15) is 0 Å². The molecule has 0 aromatic heterocycles. The standard InChI is InChI=1S/C11H21N3/c12-14-11(9-7-8-9)13-10-5-3-1-2-4-6-10/h9-10H,1-8,12H2,(H,13,14). The van der Waals surface area contributed by atoms with Crippen LogP contribution in [0.3, 0.4) is 0 Å². The lowest BCUT2D eigenvalue weighted by Gasteiger charge is -2.11. The van der Waals surface area contributed by atoms with E-state index in [1.165, 1.54) is 51.4 Å². The summed E-state index contributed by atoms with van der Waals surface area (Å²) in [6, 6.07) is 0.546. The predicted molar refractivity (Wildman–Crippen MR) is 59.0 cm³/mol. The maximum Gasteiger partial charge on any atom is 0.114 e. The minimum Gasteiger partial charge on any atom is -0.312 e. The molecule has 0 heterocycles. The Morgan fingerprint density at radius 3 is 2.14 bits per heavy atom. The molecule has 3 heteroatoms. The van der Waals surface area contributed by atoms with E-state index in [2.05, 4.69) is 5.43 Å². The van der Waals surface area contributed by atoms with Gasteiger partial charge in [0.1, 0.15) is 5.84 Å². The Hall–Kier alpha value is -0.570. The van der Waals surface area contributed by atoms with Crippen molar-refractivity contribution in [2.45, 2.75) is 57.4 Å². The van der Waals surface area contributed by atoms with Crippen LogP contribution < -0.4 is 11.3 Å². The lowest BCUT2D eigenvalue weighted by molar-refractivity contribution is 0.580. The number of hydrazine groups is 1. The zero-order valence-corrected chi connectivity index (χ0v) is 8.84. The number of rotatable bonds is 2. The van der Waals surface area contributed by atoms with Crippen molar-refractivity contribution in [3.8, 4) is 0 Å². The van der Waals surface area contributed by atoms with Crippen LogP contribution in [0.2, 0.25) is 0 Å². The summed E-state index contributed by atoms with van der Waals surface area (Å²) < 4.78 is 0. The highest BCUT2D eigenvalue weighted by Gasteiger charge is 2.27. The molecular weight excluding hydrogens is 174 g/mol. The van der Waals surface area contributed by atoms with Crippen molar-refractivity contribution in [1.82, 2.24) is 5.43 Å². The van der Waals surface area contributed by atoms with Gasteiger partial charge in [-0.1, -0.05) is 25.7 Å². The molecule has 3 nitrogen and oxygen atoms in total. The van der Waals surface area contributed by atoms with E-state index in [-0.39, 0.29) is 0 Å². The molecule has 0 unspecified atom stereocenters. The fourth-order valence-corrected chi connectivity index (χ4v) is 2.20. The van der Waals surface area contributed by atoms with E-state index in [0.717, 1.165) is 5.84 Å². The van der Waals surface area contributed by atoms with Gasteiger partial charge in [0, 0.05) is 5.92 Å². The molecular formula is C11H21N3. The third-order valence-corrected chi connectivity index (χ3v) is 3.26. The molecule has 2 saturated carbocycles. The second-order valence-electron chi connectivity index (χ2n) is 4.58. The van der Waals surface area contributed by atoms with E-state index >= 15 is 0 Å². The van der Waals surface area contributed by atoms with Gasteiger partial charge in [-0.25, -0.2) is 5.84 Å². The number of nitrogens with one attached hydrogen (secondary N) is 1. The first kappa shape index (κ1) is 9.97. The van der Waals surface area contributed by atoms with E-state index in [0.29, 0.717) is 12.0 Å². The van der Waals surface area contributed by atoms with E-state index < -0.39 is 0 Å². The Bertz CT molecular complexity index is 201. The minimum atomic E-state index is 0.546. The normalized spacial score (nSPS) is 25.9. The Morgan fingerprint density at radius 2 is 1.64 bits per heavy atom. The Balaban J connectivity index is 1.91. The lowest BCUT2D eigenvalue weighted by atomic mass is 10.1. The summed E-state index contributed by atoms with van der Waals surface area (Å²) in [5.41, 5.74) is 2.78. The molecule has 0 aliphatic heterocycles. The van der Waals surface area contributed by atoms with Crippen LogP contribution in [0.1, 0.15) is 51.4 Å². The van der Waals surface area contributed by atoms with Gasteiger partial charge in [0.25, 0.3) is 0 Å². The number of aliphatic imine (C=N–C) groups is 1. The fraction of sp³-hybridized carbons (Fsp3) is 0.909. The second kappa shape index (κ2) is 4.78. The van der Waals surface area contributed by atoms with E-state index in [1.54, 1.807) is 0 Å². The van der Waals surface area contributed by atoms with E-state index in [4.69, 9.17) is 10.8 Å². The molecule has 80 valence electrons. The molecule has 14 heavy (non-hydrogen) atoms. The monoisotopic (exact) mass is 195 g/mol. The molecule has 0 aromatic rings. The highest BCUT2D eigenvalue weighted by molar-refractivity contribution is 5.86. The summed E-state index contributed by atoms with van der Waals surface area (Å²) in [4.78, 5) is 4.76. The lowest BCUT2D eigenvalue weighted by Crippen LogP contribution is -2.33. The summed E-state index contributed by atoms with van der Waals surface area (Å²) in [6.07, 6.45) is 10.5.